The zero-order valence-electron chi connectivity index (χ0n) is 10.6. The van der Waals surface area contributed by atoms with Gasteiger partial charge in [0, 0.05) is 18.7 Å². The van der Waals surface area contributed by atoms with E-state index in [9.17, 15) is 4.79 Å². The van der Waals surface area contributed by atoms with Gasteiger partial charge in [0.25, 0.3) is 5.91 Å². The van der Waals surface area contributed by atoms with Crippen molar-refractivity contribution in [2.45, 2.75) is 0 Å². The van der Waals surface area contributed by atoms with Crippen LogP contribution in [0, 0.1) is 0 Å². The Morgan fingerprint density at radius 2 is 1.53 bits per heavy atom. The van der Waals surface area contributed by atoms with E-state index in [1.165, 1.54) is 0 Å². The molecule has 2 rings (SSSR count). The van der Waals surface area contributed by atoms with Crippen molar-refractivity contribution in [3.05, 3.63) is 60.2 Å². The quantitative estimate of drug-likeness (QED) is 0.431. The standard InChI is InChI=1S/C15H17N3O/c16-18-11-10-17-15(19)14-8-6-13(7-9-14)12-4-2-1-3-5-12/h1-9,18H,10-11,16H2,(H,17,19). The third-order valence-electron chi connectivity index (χ3n) is 2.81. The maximum absolute atomic E-state index is 11.8. The maximum Gasteiger partial charge on any atom is 0.251 e. The van der Waals surface area contributed by atoms with Crippen LogP contribution in [0.15, 0.2) is 54.6 Å². The van der Waals surface area contributed by atoms with Crippen LogP contribution in [0.3, 0.4) is 0 Å². The van der Waals surface area contributed by atoms with Crippen molar-refractivity contribution in [1.82, 2.24) is 10.7 Å². The molecule has 4 heteroatoms. The van der Waals surface area contributed by atoms with Gasteiger partial charge in [0.15, 0.2) is 0 Å². The van der Waals surface area contributed by atoms with Crippen molar-refractivity contribution in [2.24, 2.45) is 5.84 Å². The minimum absolute atomic E-state index is 0.0881. The lowest BCUT2D eigenvalue weighted by molar-refractivity contribution is 0.0954. The minimum atomic E-state index is -0.0881. The molecule has 19 heavy (non-hydrogen) atoms. The fourth-order valence-electron chi connectivity index (χ4n) is 1.79. The fourth-order valence-corrected chi connectivity index (χ4v) is 1.79. The highest BCUT2D eigenvalue weighted by Gasteiger charge is 2.04. The molecule has 0 saturated heterocycles. The first-order chi connectivity index (χ1) is 9.31. The van der Waals surface area contributed by atoms with E-state index < -0.39 is 0 Å². The van der Waals surface area contributed by atoms with E-state index in [0.717, 1.165) is 11.1 Å². The van der Waals surface area contributed by atoms with Gasteiger partial charge in [-0.05, 0) is 23.3 Å². The monoisotopic (exact) mass is 255 g/mol. The number of nitrogens with two attached hydrogens (primary N) is 1. The van der Waals surface area contributed by atoms with Crippen LogP contribution < -0.4 is 16.6 Å². The van der Waals surface area contributed by atoms with E-state index in [0.29, 0.717) is 18.7 Å². The van der Waals surface area contributed by atoms with E-state index in [1.54, 1.807) is 0 Å². The van der Waals surface area contributed by atoms with Crippen molar-refractivity contribution >= 4 is 5.91 Å². The minimum Gasteiger partial charge on any atom is -0.351 e. The average Bonchev–Trinajstić information content (AvgIpc) is 2.48. The predicted molar refractivity (Wildman–Crippen MR) is 76.4 cm³/mol. The SMILES string of the molecule is NNCCNC(=O)c1ccc(-c2ccccc2)cc1. The number of nitrogens with one attached hydrogen (secondary N) is 2. The van der Waals surface area contributed by atoms with Crippen molar-refractivity contribution in [3.63, 3.8) is 0 Å². The molecule has 4 N–H and O–H groups in total. The van der Waals surface area contributed by atoms with Crippen LogP contribution in [0.2, 0.25) is 0 Å². The molecule has 98 valence electrons. The summed E-state index contributed by atoms with van der Waals surface area (Å²) >= 11 is 0. The number of hydrazine groups is 1. The fraction of sp³-hybridized carbons (Fsp3) is 0.133. The molecule has 0 aliphatic rings. The zero-order valence-corrected chi connectivity index (χ0v) is 10.6. The molecular weight excluding hydrogens is 238 g/mol. The van der Waals surface area contributed by atoms with Crippen molar-refractivity contribution in [3.8, 4) is 11.1 Å². The molecule has 2 aromatic rings. The third kappa shape index (κ3) is 3.64. The normalized spacial score (nSPS) is 10.2. The molecule has 0 atom stereocenters. The van der Waals surface area contributed by atoms with Gasteiger partial charge in [-0.15, -0.1) is 0 Å². The van der Waals surface area contributed by atoms with Crippen LogP contribution in [-0.2, 0) is 0 Å². The molecular formula is C15H17N3O. The van der Waals surface area contributed by atoms with Gasteiger partial charge in [-0.2, -0.15) is 0 Å². The Bertz CT molecular complexity index is 523. The van der Waals surface area contributed by atoms with Crippen LogP contribution in [0.4, 0.5) is 0 Å². The summed E-state index contributed by atoms with van der Waals surface area (Å²) in [5.41, 5.74) is 5.38. The summed E-state index contributed by atoms with van der Waals surface area (Å²) in [5, 5.41) is 2.78. The number of rotatable bonds is 5. The summed E-state index contributed by atoms with van der Waals surface area (Å²) in [6, 6.07) is 17.6. The summed E-state index contributed by atoms with van der Waals surface area (Å²) in [6.45, 7) is 1.06. The van der Waals surface area contributed by atoms with Gasteiger partial charge in [0.05, 0.1) is 0 Å². The molecule has 0 radical (unpaired) electrons. The average molecular weight is 255 g/mol. The number of carbonyl (C=O) groups excluding carboxylic acids is 1. The number of hydrogen-bond acceptors (Lipinski definition) is 3. The van der Waals surface area contributed by atoms with Crippen molar-refractivity contribution in [2.75, 3.05) is 13.1 Å². The van der Waals surface area contributed by atoms with E-state index in [-0.39, 0.29) is 5.91 Å². The Kier molecular flexibility index (Phi) is 4.66. The molecule has 0 aliphatic heterocycles. The summed E-state index contributed by atoms with van der Waals surface area (Å²) in [5.74, 6) is 5.05. The first-order valence-corrected chi connectivity index (χ1v) is 6.18. The molecule has 0 saturated carbocycles. The second kappa shape index (κ2) is 6.68. The van der Waals surface area contributed by atoms with Crippen LogP contribution in [0.5, 0.6) is 0 Å². The molecule has 0 fully saturated rings. The van der Waals surface area contributed by atoms with E-state index in [1.807, 2.05) is 54.6 Å². The lowest BCUT2D eigenvalue weighted by Crippen LogP contribution is -2.34. The second-order valence-electron chi connectivity index (χ2n) is 4.15. The van der Waals surface area contributed by atoms with Crippen molar-refractivity contribution in [1.29, 1.82) is 0 Å². The van der Waals surface area contributed by atoms with Crippen LogP contribution in [0.1, 0.15) is 10.4 Å². The molecule has 0 spiro atoms. The smallest absolute Gasteiger partial charge is 0.251 e. The Hall–Kier alpha value is -2.17. The van der Waals surface area contributed by atoms with E-state index in [2.05, 4.69) is 10.7 Å². The summed E-state index contributed by atoms with van der Waals surface area (Å²) in [7, 11) is 0. The Morgan fingerprint density at radius 3 is 2.16 bits per heavy atom. The van der Waals surface area contributed by atoms with Crippen LogP contribution in [0.25, 0.3) is 11.1 Å². The highest BCUT2D eigenvalue weighted by atomic mass is 16.1. The van der Waals surface area contributed by atoms with Gasteiger partial charge in [-0.1, -0.05) is 42.5 Å². The second-order valence-corrected chi connectivity index (χ2v) is 4.15. The first-order valence-electron chi connectivity index (χ1n) is 6.18. The molecule has 0 unspecified atom stereocenters. The zero-order chi connectivity index (χ0) is 13.5. The van der Waals surface area contributed by atoms with Crippen LogP contribution >= 0.6 is 0 Å². The number of benzene rings is 2. The van der Waals surface area contributed by atoms with Crippen molar-refractivity contribution < 1.29 is 4.79 Å². The lowest BCUT2D eigenvalue weighted by Gasteiger charge is -2.06. The molecule has 0 bridgehead atoms. The van der Waals surface area contributed by atoms with Gasteiger partial charge in [0.2, 0.25) is 0 Å². The lowest BCUT2D eigenvalue weighted by atomic mass is 10.0. The van der Waals surface area contributed by atoms with Gasteiger partial charge in [-0.25, -0.2) is 0 Å². The largest absolute Gasteiger partial charge is 0.351 e. The van der Waals surface area contributed by atoms with Gasteiger partial charge >= 0.3 is 0 Å². The van der Waals surface area contributed by atoms with Gasteiger partial charge < -0.3 is 5.32 Å². The highest BCUT2D eigenvalue weighted by molar-refractivity contribution is 5.94. The summed E-state index contributed by atoms with van der Waals surface area (Å²) < 4.78 is 0. The molecule has 4 nitrogen and oxygen atoms in total. The maximum atomic E-state index is 11.8. The van der Waals surface area contributed by atoms with Gasteiger partial charge in [0.1, 0.15) is 0 Å². The highest BCUT2D eigenvalue weighted by Crippen LogP contribution is 2.19. The summed E-state index contributed by atoms with van der Waals surface area (Å²) in [6.07, 6.45) is 0. The van der Waals surface area contributed by atoms with Crippen LogP contribution in [-0.4, -0.2) is 19.0 Å². The van der Waals surface area contributed by atoms with Gasteiger partial charge in [-0.3, -0.25) is 16.1 Å². The number of carbonyl (C=O) groups is 1. The third-order valence-corrected chi connectivity index (χ3v) is 2.81. The Labute approximate surface area is 112 Å². The molecule has 0 aromatic heterocycles. The predicted octanol–water partition coefficient (Wildman–Crippen LogP) is 1.55. The molecule has 1 amide bonds. The molecule has 2 aromatic carbocycles. The topological polar surface area (TPSA) is 67.2 Å². The van der Waals surface area contributed by atoms with E-state index >= 15 is 0 Å². The number of hydrogen-bond donors (Lipinski definition) is 3. The van der Waals surface area contributed by atoms with E-state index in [4.69, 9.17) is 5.84 Å². The Balaban J connectivity index is 2.04. The Morgan fingerprint density at radius 1 is 0.895 bits per heavy atom. The molecule has 0 aliphatic carbocycles. The first kappa shape index (κ1) is 13.3. The molecule has 0 heterocycles. The summed E-state index contributed by atoms with van der Waals surface area (Å²) in [4.78, 5) is 11.8. The number of amides is 1.